The van der Waals surface area contributed by atoms with Crippen LogP contribution in [-0.4, -0.2) is 57.8 Å². The lowest BCUT2D eigenvalue weighted by Crippen LogP contribution is -2.54. The summed E-state index contributed by atoms with van der Waals surface area (Å²) in [7, 11) is -0.995. The van der Waals surface area contributed by atoms with E-state index in [1.54, 1.807) is 12.1 Å². The lowest BCUT2D eigenvalue weighted by Gasteiger charge is -2.32. The highest BCUT2D eigenvalue weighted by Crippen LogP contribution is 2.35. The maximum Gasteiger partial charge on any atom is 0.497 e. The van der Waals surface area contributed by atoms with Crippen LogP contribution in [0.15, 0.2) is 50.0 Å². The van der Waals surface area contributed by atoms with E-state index in [1.807, 2.05) is 0 Å². The third-order valence-electron chi connectivity index (χ3n) is 4.58. The number of rotatable bonds is 8. The summed E-state index contributed by atoms with van der Waals surface area (Å²) in [5, 5.41) is 25.7. The van der Waals surface area contributed by atoms with Gasteiger partial charge in [0.2, 0.25) is 0 Å². The first-order valence-corrected chi connectivity index (χ1v) is 8.72. The zero-order valence-electron chi connectivity index (χ0n) is 15.8. The number of hydrogen-bond acceptors (Lipinski definition) is 9. The van der Waals surface area contributed by atoms with Crippen molar-refractivity contribution in [3.05, 3.63) is 61.3 Å². The van der Waals surface area contributed by atoms with E-state index in [0.29, 0.717) is 11.3 Å². The van der Waals surface area contributed by atoms with Crippen LogP contribution in [0.25, 0.3) is 6.08 Å². The number of nitrogens with zero attached hydrogens (tertiary/aromatic N) is 3. The van der Waals surface area contributed by atoms with Crippen molar-refractivity contribution in [2.75, 3.05) is 5.32 Å². The molecule has 1 amide bonds. The second-order valence-corrected chi connectivity index (χ2v) is 6.26. The van der Waals surface area contributed by atoms with E-state index >= 15 is 0 Å². The largest absolute Gasteiger partial charge is 0.497 e. The van der Waals surface area contributed by atoms with Crippen LogP contribution in [0, 0.1) is 16.2 Å². The molecule has 2 aromatic heterocycles. The molecule has 1 unspecified atom stereocenters. The quantitative estimate of drug-likeness (QED) is 0.294. The fourth-order valence-corrected chi connectivity index (χ4v) is 2.82. The van der Waals surface area contributed by atoms with E-state index in [-0.39, 0.29) is 11.4 Å². The Bertz CT molecular complexity index is 964. The van der Waals surface area contributed by atoms with E-state index in [0.717, 1.165) is 18.6 Å². The molecule has 3 heterocycles. The number of carbonyl (C=O) groups is 1. The molecule has 150 valence electrons. The first kappa shape index (κ1) is 20.9. The molecule has 2 aromatic rings. The molecule has 1 aliphatic rings. The SMILES string of the molecule is C=Cc1ncc(C(=O)Nc2ccc(B3OC(C=C)(C=N)C(C=N)(C=N)O3)cn2)cn1. The van der Waals surface area contributed by atoms with Gasteiger partial charge >= 0.3 is 7.12 Å². The zero-order valence-corrected chi connectivity index (χ0v) is 15.8. The highest BCUT2D eigenvalue weighted by Gasteiger charge is 2.59. The Kier molecular flexibility index (Phi) is 5.76. The summed E-state index contributed by atoms with van der Waals surface area (Å²) in [6, 6.07) is 3.17. The average Bonchev–Trinajstić information content (AvgIpc) is 3.15. The molecular formula is C19H18BN7O3. The molecule has 0 saturated carbocycles. The van der Waals surface area contributed by atoms with Crippen molar-refractivity contribution in [1.29, 1.82) is 16.2 Å². The molecule has 1 atom stereocenters. The molecule has 3 rings (SSSR count). The predicted molar refractivity (Wildman–Crippen MR) is 114 cm³/mol. The first-order valence-electron chi connectivity index (χ1n) is 8.72. The van der Waals surface area contributed by atoms with E-state index in [4.69, 9.17) is 25.5 Å². The monoisotopic (exact) mass is 403 g/mol. The summed E-state index contributed by atoms with van der Waals surface area (Å²) in [6.07, 6.45) is 9.72. The molecule has 10 nitrogen and oxygen atoms in total. The number of carbonyl (C=O) groups excluding carboxylic acids is 1. The van der Waals surface area contributed by atoms with Crippen LogP contribution in [0.2, 0.25) is 0 Å². The van der Waals surface area contributed by atoms with Crippen molar-refractivity contribution in [3.8, 4) is 0 Å². The standard InChI is InChI=1S/C19H18BN7O3/c1-3-15-24-7-13(8-25-15)17(28)27-16-6-5-14(9-26-16)20-29-18(4-2,10-21)19(11-22,12-23)30-20/h3-12,21-23H,1-2H2,(H,26,27,28). The lowest BCUT2D eigenvalue weighted by atomic mass is 9.80. The van der Waals surface area contributed by atoms with E-state index in [9.17, 15) is 4.79 Å². The van der Waals surface area contributed by atoms with Crippen LogP contribution in [0.3, 0.4) is 0 Å². The van der Waals surface area contributed by atoms with Gasteiger partial charge in [-0.05, 0) is 12.1 Å². The molecule has 0 aromatic carbocycles. The number of pyridine rings is 1. The molecule has 30 heavy (non-hydrogen) atoms. The third-order valence-corrected chi connectivity index (χ3v) is 4.58. The highest BCUT2D eigenvalue weighted by atomic mass is 16.7. The summed E-state index contributed by atoms with van der Waals surface area (Å²) < 4.78 is 11.6. The van der Waals surface area contributed by atoms with Crippen LogP contribution in [0.4, 0.5) is 5.82 Å². The van der Waals surface area contributed by atoms with Crippen LogP contribution in [0.1, 0.15) is 16.2 Å². The Morgan fingerprint density at radius 3 is 2.10 bits per heavy atom. The van der Waals surface area contributed by atoms with Gasteiger partial charge in [0.25, 0.3) is 5.91 Å². The van der Waals surface area contributed by atoms with Crippen LogP contribution < -0.4 is 10.8 Å². The normalized spacial score (nSPS) is 22.7. The van der Waals surface area contributed by atoms with Crippen molar-refractivity contribution < 1.29 is 14.1 Å². The van der Waals surface area contributed by atoms with Crippen LogP contribution in [-0.2, 0) is 9.31 Å². The number of anilines is 1. The molecular weight excluding hydrogens is 385 g/mol. The van der Waals surface area contributed by atoms with Gasteiger partial charge in [-0.25, -0.2) is 15.0 Å². The van der Waals surface area contributed by atoms with Crippen molar-refractivity contribution in [1.82, 2.24) is 15.0 Å². The number of hydrogen-bond donors (Lipinski definition) is 4. The maximum absolute atomic E-state index is 12.3. The molecule has 4 N–H and O–H groups in total. The van der Waals surface area contributed by atoms with Gasteiger partial charge in [-0.15, -0.1) is 0 Å². The predicted octanol–water partition coefficient (Wildman–Crippen LogP) is 1.12. The third kappa shape index (κ3) is 3.47. The number of aromatic nitrogens is 3. The Balaban J connectivity index is 1.77. The molecule has 1 aliphatic heterocycles. The molecule has 1 fully saturated rings. The summed E-state index contributed by atoms with van der Waals surface area (Å²) in [5.74, 6) is 0.263. The fourth-order valence-electron chi connectivity index (χ4n) is 2.82. The number of nitrogens with one attached hydrogen (secondary N) is 4. The van der Waals surface area contributed by atoms with E-state index < -0.39 is 24.2 Å². The average molecular weight is 403 g/mol. The minimum Gasteiger partial charge on any atom is -0.390 e. The lowest BCUT2D eigenvalue weighted by molar-refractivity contribution is 0.102. The summed E-state index contributed by atoms with van der Waals surface area (Å²) in [5.41, 5.74) is -2.35. The van der Waals surface area contributed by atoms with Gasteiger partial charge in [0.15, 0.2) is 11.4 Å². The minimum absolute atomic E-state index is 0.262. The van der Waals surface area contributed by atoms with Gasteiger partial charge < -0.3 is 30.9 Å². The topological polar surface area (TPSA) is 158 Å². The van der Waals surface area contributed by atoms with Crippen molar-refractivity contribution >= 4 is 49.0 Å². The number of amides is 1. The second kappa shape index (κ2) is 8.27. The first-order chi connectivity index (χ1) is 14.5. The van der Waals surface area contributed by atoms with Crippen LogP contribution >= 0.6 is 0 Å². The second-order valence-electron chi connectivity index (χ2n) is 6.26. The minimum atomic E-state index is -1.59. The van der Waals surface area contributed by atoms with Gasteiger partial charge in [0.05, 0.1) is 5.56 Å². The Morgan fingerprint density at radius 2 is 1.63 bits per heavy atom. The van der Waals surface area contributed by atoms with Gasteiger partial charge in [0.1, 0.15) is 11.4 Å². The highest BCUT2D eigenvalue weighted by molar-refractivity contribution is 6.63. The van der Waals surface area contributed by atoms with Crippen LogP contribution in [0.5, 0.6) is 0 Å². The Morgan fingerprint density at radius 1 is 1.00 bits per heavy atom. The van der Waals surface area contributed by atoms with Crippen molar-refractivity contribution in [3.63, 3.8) is 0 Å². The van der Waals surface area contributed by atoms with Gasteiger partial charge in [-0.1, -0.05) is 25.3 Å². The molecule has 0 radical (unpaired) electrons. The van der Waals surface area contributed by atoms with Gasteiger partial charge in [-0.3, -0.25) is 4.79 Å². The summed E-state index contributed by atoms with van der Waals surface area (Å²) >= 11 is 0. The van der Waals surface area contributed by atoms with Crippen molar-refractivity contribution in [2.45, 2.75) is 11.2 Å². The Labute approximate surface area is 172 Å². The molecule has 0 aliphatic carbocycles. The molecule has 1 saturated heterocycles. The van der Waals surface area contributed by atoms with Gasteiger partial charge in [0, 0.05) is 42.7 Å². The van der Waals surface area contributed by atoms with E-state index in [1.165, 1.54) is 30.7 Å². The fraction of sp³-hybridized carbons (Fsp3) is 0.105. The summed E-state index contributed by atoms with van der Waals surface area (Å²) in [6.45, 7) is 7.20. The van der Waals surface area contributed by atoms with E-state index in [2.05, 4.69) is 33.4 Å². The smallest absolute Gasteiger partial charge is 0.390 e. The Hall–Kier alpha value is -3.83. The summed E-state index contributed by atoms with van der Waals surface area (Å²) in [4.78, 5) is 24.4. The maximum atomic E-state index is 12.3. The molecule has 0 spiro atoms. The van der Waals surface area contributed by atoms with Crippen molar-refractivity contribution in [2.24, 2.45) is 0 Å². The zero-order chi connectivity index (χ0) is 21.8. The molecule has 11 heteroatoms. The molecule has 0 bridgehead atoms. The van der Waals surface area contributed by atoms with Gasteiger partial charge in [-0.2, -0.15) is 0 Å².